The highest BCUT2D eigenvalue weighted by atomic mass is 14.4. The number of fused-ring (bicyclic) bond motifs is 3. The molecule has 3 aromatic carbocycles. The third-order valence-corrected chi connectivity index (χ3v) is 5.11. The normalized spacial score (nSPS) is 13.8. The molecular weight excluding hydrogens is 288 g/mol. The molecule has 1 aliphatic carbocycles. The van der Waals surface area contributed by atoms with Crippen molar-refractivity contribution in [1.82, 2.24) is 0 Å². The zero-order valence-corrected chi connectivity index (χ0v) is 13.7. The van der Waals surface area contributed by atoms with Crippen molar-refractivity contribution in [3.05, 3.63) is 120 Å². The summed E-state index contributed by atoms with van der Waals surface area (Å²) in [6.07, 6.45) is 5.00. The second-order valence-electron chi connectivity index (χ2n) is 6.32. The lowest BCUT2D eigenvalue weighted by Crippen LogP contribution is -2.20. The summed E-state index contributed by atoms with van der Waals surface area (Å²) in [5, 5.41) is 0. The number of hydrogen-bond acceptors (Lipinski definition) is 0. The second kappa shape index (κ2) is 5.65. The first-order valence-electron chi connectivity index (χ1n) is 8.33. The molecule has 0 saturated carbocycles. The summed E-state index contributed by atoms with van der Waals surface area (Å²) >= 11 is 0. The third-order valence-electron chi connectivity index (χ3n) is 5.11. The Morgan fingerprint density at radius 1 is 0.708 bits per heavy atom. The molecule has 0 radical (unpaired) electrons. The van der Waals surface area contributed by atoms with Crippen molar-refractivity contribution in [3.8, 4) is 11.1 Å². The molecule has 0 heterocycles. The van der Waals surface area contributed by atoms with Gasteiger partial charge in [-0.25, -0.2) is 0 Å². The van der Waals surface area contributed by atoms with Crippen LogP contribution in [0.3, 0.4) is 0 Å². The van der Waals surface area contributed by atoms with E-state index in [2.05, 4.69) is 86.0 Å². The van der Waals surface area contributed by atoms with Gasteiger partial charge in [-0.2, -0.15) is 0 Å². The monoisotopic (exact) mass is 308 g/mol. The maximum Gasteiger partial charge on any atom is 0.0572 e. The Morgan fingerprint density at radius 2 is 1.38 bits per heavy atom. The van der Waals surface area contributed by atoms with Crippen LogP contribution in [0.25, 0.3) is 11.1 Å². The van der Waals surface area contributed by atoms with E-state index in [0.717, 1.165) is 6.42 Å². The highest BCUT2D eigenvalue weighted by molar-refractivity contribution is 5.85. The van der Waals surface area contributed by atoms with Crippen LogP contribution >= 0.6 is 0 Å². The van der Waals surface area contributed by atoms with Gasteiger partial charge in [0.1, 0.15) is 0 Å². The maximum absolute atomic E-state index is 4.16. The van der Waals surface area contributed by atoms with Crippen LogP contribution in [0.1, 0.15) is 22.3 Å². The molecular formula is C24H20. The lowest BCUT2D eigenvalue weighted by atomic mass is 9.76. The van der Waals surface area contributed by atoms with E-state index in [1.807, 2.05) is 12.2 Å². The Labute approximate surface area is 143 Å². The van der Waals surface area contributed by atoms with Gasteiger partial charge in [0, 0.05) is 0 Å². The molecule has 24 heavy (non-hydrogen) atoms. The summed E-state index contributed by atoms with van der Waals surface area (Å²) in [7, 11) is 0. The molecule has 0 nitrogen and oxygen atoms in total. The summed E-state index contributed by atoms with van der Waals surface area (Å²) in [5.41, 5.74) is 7.57. The predicted octanol–water partition coefficient (Wildman–Crippen LogP) is 5.92. The molecule has 4 rings (SSSR count). The van der Waals surface area contributed by atoms with Crippen molar-refractivity contribution in [3.63, 3.8) is 0 Å². The van der Waals surface area contributed by atoms with E-state index in [1.165, 1.54) is 33.4 Å². The first-order valence-corrected chi connectivity index (χ1v) is 8.33. The van der Waals surface area contributed by atoms with Crippen LogP contribution < -0.4 is 0 Å². The minimum atomic E-state index is -0.308. The van der Waals surface area contributed by atoms with Crippen LogP contribution in [-0.2, 0) is 11.8 Å². The van der Waals surface area contributed by atoms with Crippen LogP contribution in [0.5, 0.6) is 0 Å². The number of rotatable bonds is 4. The molecule has 0 heteroatoms. The average Bonchev–Trinajstić information content (AvgIpc) is 2.94. The minimum absolute atomic E-state index is 0.308. The fourth-order valence-corrected chi connectivity index (χ4v) is 4.00. The van der Waals surface area contributed by atoms with Crippen LogP contribution in [0, 0.1) is 0 Å². The van der Waals surface area contributed by atoms with E-state index in [-0.39, 0.29) is 5.41 Å². The van der Waals surface area contributed by atoms with Gasteiger partial charge in [-0.15, -0.1) is 13.2 Å². The molecule has 116 valence electrons. The molecule has 0 bridgehead atoms. The fraction of sp³-hybridized carbons (Fsp3) is 0.0833. The molecule has 0 unspecified atom stereocenters. The number of hydrogen-bond donors (Lipinski definition) is 0. The van der Waals surface area contributed by atoms with Gasteiger partial charge in [-0.05, 0) is 39.8 Å². The van der Waals surface area contributed by atoms with Gasteiger partial charge in [0.2, 0.25) is 0 Å². The van der Waals surface area contributed by atoms with Crippen molar-refractivity contribution in [2.24, 2.45) is 0 Å². The zero-order chi connectivity index (χ0) is 16.6. The lowest BCUT2D eigenvalue weighted by molar-refractivity contribution is 0.833. The van der Waals surface area contributed by atoms with E-state index < -0.39 is 0 Å². The number of allylic oxidation sites excluding steroid dienone is 2. The molecule has 0 N–H and O–H groups in total. The highest BCUT2D eigenvalue weighted by Crippen LogP contribution is 2.51. The summed E-state index contributed by atoms with van der Waals surface area (Å²) in [6, 6.07) is 25.9. The number of benzene rings is 3. The standard InChI is InChI=1S/C24H20/c1-3-24(4-2)22-16-9-8-14-20(22)21-15-10-13-19(23(21)24)17-18-11-6-5-7-12-18/h3-16H,1-2,17H2. The van der Waals surface area contributed by atoms with E-state index >= 15 is 0 Å². The predicted molar refractivity (Wildman–Crippen MR) is 102 cm³/mol. The smallest absolute Gasteiger partial charge is 0.0572 e. The largest absolute Gasteiger partial charge is 0.102 e. The molecule has 0 spiro atoms. The Balaban J connectivity index is 1.97. The summed E-state index contributed by atoms with van der Waals surface area (Å²) in [4.78, 5) is 0. The first kappa shape index (κ1) is 14.7. The molecule has 0 amide bonds. The van der Waals surface area contributed by atoms with E-state index in [0.29, 0.717) is 0 Å². The van der Waals surface area contributed by atoms with Crippen molar-refractivity contribution < 1.29 is 0 Å². The fourth-order valence-electron chi connectivity index (χ4n) is 4.00. The second-order valence-corrected chi connectivity index (χ2v) is 6.32. The van der Waals surface area contributed by atoms with Gasteiger partial charge >= 0.3 is 0 Å². The van der Waals surface area contributed by atoms with Crippen molar-refractivity contribution >= 4 is 0 Å². The molecule has 0 aromatic heterocycles. The van der Waals surface area contributed by atoms with Crippen LogP contribution in [-0.4, -0.2) is 0 Å². The molecule has 0 atom stereocenters. The molecule has 0 aliphatic heterocycles. The van der Waals surface area contributed by atoms with Crippen molar-refractivity contribution in [1.29, 1.82) is 0 Å². The van der Waals surface area contributed by atoms with Crippen molar-refractivity contribution in [2.45, 2.75) is 11.8 Å². The first-order chi connectivity index (χ1) is 11.8. The Bertz CT molecular complexity index is 908. The van der Waals surface area contributed by atoms with Gasteiger partial charge in [-0.1, -0.05) is 84.9 Å². The zero-order valence-electron chi connectivity index (χ0n) is 13.7. The Hall–Kier alpha value is -2.86. The van der Waals surface area contributed by atoms with Crippen LogP contribution in [0.4, 0.5) is 0 Å². The minimum Gasteiger partial charge on any atom is -0.102 e. The van der Waals surface area contributed by atoms with E-state index in [4.69, 9.17) is 0 Å². The molecule has 1 aliphatic rings. The van der Waals surface area contributed by atoms with Crippen molar-refractivity contribution in [2.75, 3.05) is 0 Å². The molecule has 0 fully saturated rings. The van der Waals surface area contributed by atoms with Gasteiger partial charge < -0.3 is 0 Å². The van der Waals surface area contributed by atoms with Crippen LogP contribution in [0.15, 0.2) is 98.1 Å². The Kier molecular flexibility index (Phi) is 3.46. The molecule has 0 saturated heterocycles. The Morgan fingerprint density at radius 3 is 2.12 bits per heavy atom. The van der Waals surface area contributed by atoms with Crippen LogP contribution in [0.2, 0.25) is 0 Å². The third kappa shape index (κ3) is 2.00. The van der Waals surface area contributed by atoms with E-state index in [1.54, 1.807) is 0 Å². The maximum atomic E-state index is 4.16. The summed E-state index contributed by atoms with van der Waals surface area (Å²) < 4.78 is 0. The summed E-state index contributed by atoms with van der Waals surface area (Å²) in [6.45, 7) is 8.32. The topological polar surface area (TPSA) is 0 Å². The average molecular weight is 308 g/mol. The summed E-state index contributed by atoms with van der Waals surface area (Å²) in [5.74, 6) is 0. The van der Waals surface area contributed by atoms with E-state index in [9.17, 15) is 0 Å². The van der Waals surface area contributed by atoms with Gasteiger partial charge in [0.25, 0.3) is 0 Å². The van der Waals surface area contributed by atoms with Gasteiger partial charge in [0.15, 0.2) is 0 Å². The lowest BCUT2D eigenvalue weighted by Gasteiger charge is -2.26. The van der Waals surface area contributed by atoms with Gasteiger partial charge in [0.05, 0.1) is 5.41 Å². The SMILES string of the molecule is C=CC1(C=C)c2ccccc2-c2cccc(Cc3ccccc3)c21. The highest BCUT2D eigenvalue weighted by Gasteiger charge is 2.39. The molecule has 3 aromatic rings. The van der Waals surface area contributed by atoms with Gasteiger partial charge in [-0.3, -0.25) is 0 Å². The quantitative estimate of drug-likeness (QED) is 0.525.